The molecule has 3 atom stereocenters. The Morgan fingerprint density at radius 3 is 2.67 bits per heavy atom. The van der Waals surface area contributed by atoms with Crippen molar-refractivity contribution in [3.63, 3.8) is 0 Å². The van der Waals surface area contributed by atoms with Crippen molar-refractivity contribution in [3.8, 4) is 0 Å². The zero-order valence-electron chi connectivity index (χ0n) is 12.0. The van der Waals surface area contributed by atoms with E-state index in [0.717, 1.165) is 49.2 Å². The molecule has 1 saturated heterocycles. The van der Waals surface area contributed by atoms with Crippen LogP contribution in [-0.4, -0.2) is 23.4 Å². The molecule has 0 aromatic heterocycles. The van der Waals surface area contributed by atoms with Gasteiger partial charge in [0.25, 0.3) is 0 Å². The monoisotopic (exact) mass is 328 g/mol. The van der Waals surface area contributed by atoms with Gasteiger partial charge in [-0.25, -0.2) is 0 Å². The lowest BCUT2D eigenvalue weighted by atomic mass is 10.0. The van der Waals surface area contributed by atoms with Crippen molar-refractivity contribution in [2.24, 2.45) is 11.7 Å². The van der Waals surface area contributed by atoms with Crippen LogP contribution in [0.15, 0.2) is 24.3 Å². The molecule has 3 rings (SSSR count). The second-order valence-electron chi connectivity index (χ2n) is 5.98. The quantitative estimate of drug-likeness (QED) is 0.902. The summed E-state index contributed by atoms with van der Waals surface area (Å²) in [4.78, 5) is 14.7. The summed E-state index contributed by atoms with van der Waals surface area (Å²) in [5.74, 6) is 0.397. The van der Waals surface area contributed by atoms with Gasteiger partial charge in [-0.05, 0) is 43.7 Å². The summed E-state index contributed by atoms with van der Waals surface area (Å²) >= 11 is 6.30. The van der Waals surface area contributed by atoms with Gasteiger partial charge < -0.3 is 10.6 Å². The van der Waals surface area contributed by atoms with Crippen molar-refractivity contribution >= 4 is 29.9 Å². The highest BCUT2D eigenvalue weighted by molar-refractivity contribution is 6.31. The molecule has 21 heavy (non-hydrogen) atoms. The highest BCUT2D eigenvalue weighted by Crippen LogP contribution is 2.38. The van der Waals surface area contributed by atoms with Crippen molar-refractivity contribution in [1.82, 2.24) is 4.90 Å². The SMILES string of the molecule is Cl.NC1CCC(C(=O)N2CCCC2c2ccccc2Cl)C1. The van der Waals surface area contributed by atoms with E-state index in [1.165, 1.54) is 0 Å². The Morgan fingerprint density at radius 1 is 1.24 bits per heavy atom. The molecule has 2 N–H and O–H groups in total. The number of rotatable bonds is 2. The fourth-order valence-corrected chi connectivity index (χ4v) is 3.84. The topological polar surface area (TPSA) is 46.3 Å². The Bertz CT molecular complexity index is 509. The normalized spacial score (nSPS) is 28.5. The van der Waals surface area contributed by atoms with Gasteiger partial charge in [0.15, 0.2) is 0 Å². The molecule has 1 aliphatic heterocycles. The molecule has 1 aromatic rings. The Hall–Kier alpha value is -0.770. The first-order chi connectivity index (χ1) is 9.66. The van der Waals surface area contributed by atoms with Crippen LogP contribution < -0.4 is 5.73 Å². The molecule has 5 heteroatoms. The zero-order chi connectivity index (χ0) is 14.1. The zero-order valence-corrected chi connectivity index (χ0v) is 13.6. The molecule has 1 heterocycles. The molecule has 116 valence electrons. The summed E-state index contributed by atoms with van der Waals surface area (Å²) in [5.41, 5.74) is 7.03. The average Bonchev–Trinajstić information content (AvgIpc) is 3.07. The number of hydrogen-bond acceptors (Lipinski definition) is 2. The maximum Gasteiger partial charge on any atom is 0.226 e. The molecule has 1 saturated carbocycles. The number of carbonyl (C=O) groups is 1. The van der Waals surface area contributed by atoms with E-state index in [1.54, 1.807) is 0 Å². The van der Waals surface area contributed by atoms with Gasteiger partial charge in [-0.3, -0.25) is 4.79 Å². The van der Waals surface area contributed by atoms with Gasteiger partial charge in [-0.2, -0.15) is 0 Å². The predicted octanol–water partition coefficient (Wildman–Crippen LogP) is 3.55. The van der Waals surface area contributed by atoms with Crippen molar-refractivity contribution < 1.29 is 4.79 Å². The van der Waals surface area contributed by atoms with Crippen LogP contribution in [0.1, 0.15) is 43.7 Å². The number of hydrogen-bond donors (Lipinski definition) is 1. The minimum atomic E-state index is 0. The second-order valence-corrected chi connectivity index (χ2v) is 6.39. The lowest BCUT2D eigenvalue weighted by Crippen LogP contribution is -2.35. The number of benzene rings is 1. The third kappa shape index (κ3) is 3.36. The van der Waals surface area contributed by atoms with Gasteiger partial charge in [0.1, 0.15) is 0 Å². The van der Waals surface area contributed by atoms with Gasteiger partial charge in [-0.15, -0.1) is 12.4 Å². The number of nitrogens with two attached hydrogens (primary N) is 1. The van der Waals surface area contributed by atoms with E-state index in [4.69, 9.17) is 17.3 Å². The number of likely N-dealkylation sites (tertiary alicyclic amines) is 1. The molecule has 3 nitrogen and oxygen atoms in total. The lowest BCUT2D eigenvalue weighted by Gasteiger charge is -2.28. The van der Waals surface area contributed by atoms with Crippen LogP contribution in [0.4, 0.5) is 0 Å². The highest BCUT2D eigenvalue weighted by Gasteiger charge is 2.37. The van der Waals surface area contributed by atoms with E-state index in [1.807, 2.05) is 29.2 Å². The molecular weight excluding hydrogens is 307 g/mol. The van der Waals surface area contributed by atoms with Crippen LogP contribution in [0.25, 0.3) is 0 Å². The van der Waals surface area contributed by atoms with Crippen LogP contribution in [0, 0.1) is 5.92 Å². The first-order valence-corrected chi connectivity index (χ1v) is 7.85. The maximum atomic E-state index is 12.7. The maximum absolute atomic E-state index is 12.7. The minimum Gasteiger partial charge on any atom is -0.335 e. The van der Waals surface area contributed by atoms with Gasteiger partial charge in [0.2, 0.25) is 5.91 Å². The fourth-order valence-electron chi connectivity index (χ4n) is 3.57. The van der Waals surface area contributed by atoms with E-state index in [-0.39, 0.29) is 36.3 Å². The van der Waals surface area contributed by atoms with E-state index >= 15 is 0 Å². The van der Waals surface area contributed by atoms with Crippen LogP contribution in [-0.2, 0) is 4.79 Å². The van der Waals surface area contributed by atoms with E-state index in [2.05, 4.69) is 0 Å². The molecule has 0 radical (unpaired) electrons. The van der Waals surface area contributed by atoms with Crippen LogP contribution in [0.3, 0.4) is 0 Å². The first kappa shape index (κ1) is 16.6. The molecule has 0 spiro atoms. The summed E-state index contributed by atoms with van der Waals surface area (Å²) < 4.78 is 0. The van der Waals surface area contributed by atoms with Crippen LogP contribution in [0.5, 0.6) is 0 Å². The van der Waals surface area contributed by atoms with Gasteiger partial charge in [-0.1, -0.05) is 29.8 Å². The molecule has 2 aliphatic rings. The van der Waals surface area contributed by atoms with Gasteiger partial charge in [0, 0.05) is 23.5 Å². The minimum absolute atomic E-state index is 0. The average molecular weight is 329 g/mol. The third-order valence-electron chi connectivity index (χ3n) is 4.62. The Labute approximate surface area is 137 Å². The number of nitrogens with zero attached hydrogens (tertiary/aromatic N) is 1. The Balaban J connectivity index is 0.00000161. The predicted molar refractivity (Wildman–Crippen MR) is 87.7 cm³/mol. The third-order valence-corrected chi connectivity index (χ3v) is 4.97. The summed E-state index contributed by atoms with van der Waals surface area (Å²) in [6.45, 7) is 0.848. The van der Waals surface area contributed by atoms with Crippen molar-refractivity contribution in [3.05, 3.63) is 34.9 Å². The smallest absolute Gasteiger partial charge is 0.226 e. The largest absolute Gasteiger partial charge is 0.335 e. The van der Waals surface area contributed by atoms with Gasteiger partial charge in [0.05, 0.1) is 6.04 Å². The number of halogens is 2. The van der Waals surface area contributed by atoms with E-state index < -0.39 is 0 Å². The van der Waals surface area contributed by atoms with Crippen LogP contribution in [0.2, 0.25) is 5.02 Å². The molecule has 1 aliphatic carbocycles. The Kier molecular flexibility index (Phi) is 5.53. The fraction of sp³-hybridized carbons (Fsp3) is 0.562. The summed E-state index contributed by atoms with van der Waals surface area (Å²) in [7, 11) is 0. The standard InChI is InChI=1S/C16H21ClN2O.ClH/c17-14-5-2-1-4-13(14)15-6-3-9-19(15)16(20)11-7-8-12(18)10-11;/h1-2,4-5,11-12,15H,3,6-10,18H2;1H. The molecule has 3 unspecified atom stereocenters. The summed E-state index contributed by atoms with van der Waals surface area (Å²) in [6.07, 6.45) is 4.81. The van der Waals surface area contributed by atoms with Crippen molar-refractivity contribution in [1.29, 1.82) is 0 Å². The molecule has 2 fully saturated rings. The number of amides is 1. The second kappa shape index (κ2) is 6.99. The molecule has 1 amide bonds. The lowest BCUT2D eigenvalue weighted by molar-refractivity contribution is -0.136. The summed E-state index contributed by atoms with van der Waals surface area (Å²) in [5, 5.41) is 0.764. The van der Waals surface area contributed by atoms with Crippen molar-refractivity contribution in [2.45, 2.75) is 44.2 Å². The van der Waals surface area contributed by atoms with E-state index in [9.17, 15) is 4.79 Å². The van der Waals surface area contributed by atoms with Crippen LogP contribution >= 0.6 is 24.0 Å². The van der Waals surface area contributed by atoms with Gasteiger partial charge >= 0.3 is 0 Å². The highest BCUT2D eigenvalue weighted by atomic mass is 35.5. The first-order valence-electron chi connectivity index (χ1n) is 7.47. The molecule has 0 bridgehead atoms. The summed E-state index contributed by atoms with van der Waals surface area (Å²) in [6, 6.07) is 8.22. The van der Waals surface area contributed by atoms with Crippen molar-refractivity contribution in [2.75, 3.05) is 6.54 Å². The Morgan fingerprint density at radius 2 is 2.00 bits per heavy atom. The number of carbonyl (C=O) groups excluding carboxylic acids is 1. The molecule has 1 aromatic carbocycles. The van der Waals surface area contributed by atoms with E-state index in [0.29, 0.717) is 0 Å². The molecular formula is C16H22Cl2N2O.